The summed E-state index contributed by atoms with van der Waals surface area (Å²) in [5, 5.41) is 3.24. The lowest BCUT2D eigenvalue weighted by Crippen LogP contribution is -2.27. The van der Waals surface area contributed by atoms with Gasteiger partial charge in [-0.25, -0.2) is 17.5 Å². The van der Waals surface area contributed by atoms with Gasteiger partial charge in [-0.15, -0.1) is 12.4 Å². The second-order valence-corrected chi connectivity index (χ2v) is 7.21. The summed E-state index contributed by atoms with van der Waals surface area (Å²) < 4.78 is 39.9. The lowest BCUT2D eigenvalue weighted by atomic mass is 10.1. The van der Waals surface area contributed by atoms with E-state index in [4.69, 9.17) is 0 Å². The van der Waals surface area contributed by atoms with Crippen LogP contribution in [0.15, 0.2) is 27.6 Å². The van der Waals surface area contributed by atoms with Crippen LogP contribution in [0, 0.1) is 11.7 Å². The molecule has 0 radical (unpaired) electrons. The molecular formula is C12H17BrClFN2O2S. The first-order valence-electron chi connectivity index (χ1n) is 6.14. The van der Waals surface area contributed by atoms with Gasteiger partial charge in [-0.05, 0) is 66.0 Å². The van der Waals surface area contributed by atoms with E-state index in [1.807, 2.05) is 0 Å². The van der Waals surface area contributed by atoms with Gasteiger partial charge in [0.15, 0.2) is 0 Å². The summed E-state index contributed by atoms with van der Waals surface area (Å²) in [7, 11) is -3.58. The molecular weight excluding hydrogens is 371 g/mol. The highest BCUT2D eigenvalue weighted by Gasteiger charge is 2.19. The molecule has 8 heteroatoms. The zero-order chi connectivity index (χ0) is 13.9. The fourth-order valence-electron chi connectivity index (χ4n) is 2.13. The monoisotopic (exact) mass is 386 g/mol. The van der Waals surface area contributed by atoms with Crippen molar-refractivity contribution in [1.29, 1.82) is 0 Å². The van der Waals surface area contributed by atoms with Crippen molar-refractivity contribution in [2.24, 2.45) is 5.92 Å². The number of nitrogens with one attached hydrogen (secondary N) is 2. The third-order valence-electron chi connectivity index (χ3n) is 3.19. The number of sulfonamides is 1. The van der Waals surface area contributed by atoms with Crippen LogP contribution in [0.25, 0.3) is 0 Å². The van der Waals surface area contributed by atoms with Gasteiger partial charge in [-0.3, -0.25) is 0 Å². The van der Waals surface area contributed by atoms with Gasteiger partial charge >= 0.3 is 0 Å². The third kappa shape index (κ3) is 4.66. The lowest BCUT2D eigenvalue weighted by Gasteiger charge is -2.11. The van der Waals surface area contributed by atoms with Gasteiger partial charge in [-0.1, -0.05) is 0 Å². The fourth-order valence-corrected chi connectivity index (χ4v) is 4.22. The Balaban J connectivity index is 0.00000200. The molecule has 0 aliphatic carbocycles. The molecule has 1 saturated heterocycles. The van der Waals surface area contributed by atoms with Gasteiger partial charge in [0.25, 0.3) is 0 Å². The molecule has 1 heterocycles. The first-order chi connectivity index (χ1) is 8.99. The second kappa shape index (κ2) is 7.70. The summed E-state index contributed by atoms with van der Waals surface area (Å²) in [6.07, 6.45) is 1.90. The fraction of sp³-hybridized carbons (Fsp3) is 0.500. The molecule has 1 unspecified atom stereocenters. The van der Waals surface area contributed by atoms with E-state index in [1.165, 1.54) is 6.07 Å². The van der Waals surface area contributed by atoms with Gasteiger partial charge in [0.2, 0.25) is 10.0 Å². The molecule has 0 amide bonds. The predicted molar refractivity (Wildman–Crippen MR) is 82.1 cm³/mol. The number of benzene rings is 1. The zero-order valence-electron chi connectivity index (χ0n) is 10.7. The molecule has 1 aromatic rings. The van der Waals surface area contributed by atoms with Crippen molar-refractivity contribution < 1.29 is 12.8 Å². The minimum Gasteiger partial charge on any atom is -0.316 e. The minimum absolute atomic E-state index is 0. The van der Waals surface area contributed by atoms with Crippen LogP contribution in [-0.4, -0.2) is 28.1 Å². The van der Waals surface area contributed by atoms with E-state index >= 15 is 0 Å². The van der Waals surface area contributed by atoms with E-state index in [-0.39, 0.29) is 21.8 Å². The van der Waals surface area contributed by atoms with Crippen molar-refractivity contribution >= 4 is 38.4 Å². The molecule has 0 saturated carbocycles. The number of rotatable bonds is 5. The van der Waals surface area contributed by atoms with Gasteiger partial charge in [0.1, 0.15) is 5.82 Å². The summed E-state index contributed by atoms with van der Waals surface area (Å²) in [6, 6.07) is 3.55. The topological polar surface area (TPSA) is 58.2 Å². The summed E-state index contributed by atoms with van der Waals surface area (Å²) in [6.45, 7) is 2.35. The molecule has 1 fully saturated rings. The molecule has 2 rings (SSSR count). The predicted octanol–water partition coefficient (Wildman–Crippen LogP) is 2.29. The van der Waals surface area contributed by atoms with Crippen LogP contribution >= 0.6 is 28.3 Å². The molecule has 1 aliphatic rings. The van der Waals surface area contributed by atoms with Crippen molar-refractivity contribution in [3.63, 3.8) is 0 Å². The maximum absolute atomic E-state index is 12.9. The van der Waals surface area contributed by atoms with E-state index in [0.29, 0.717) is 12.5 Å². The first-order valence-corrected chi connectivity index (χ1v) is 8.42. The highest BCUT2D eigenvalue weighted by molar-refractivity contribution is 9.10. The van der Waals surface area contributed by atoms with Crippen molar-refractivity contribution in [2.75, 3.05) is 19.6 Å². The first kappa shape index (κ1) is 17.8. The van der Waals surface area contributed by atoms with Gasteiger partial charge < -0.3 is 5.32 Å². The minimum atomic E-state index is -3.58. The molecule has 0 spiro atoms. The number of hydrogen-bond donors (Lipinski definition) is 2. The largest absolute Gasteiger partial charge is 0.316 e. The second-order valence-electron chi connectivity index (χ2n) is 4.62. The highest BCUT2D eigenvalue weighted by atomic mass is 79.9. The summed E-state index contributed by atoms with van der Waals surface area (Å²) >= 11 is 3.07. The molecule has 0 bridgehead atoms. The van der Waals surface area contributed by atoms with Gasteiger partial charge in [0, 0.05) is 11.0 Å². The zero-order valence-corrected chi connectivity index (χ0v) is 14.0. The quantitative estimate of drug-likeness (QED) is 0.815. The van der Waals surface area contributed by atoms with E-state index in [9.17, 15) is 12.8 Å². The third-order valence-corrected chi connectivity index (χ3v) is 5.63. The van der Waals surface area contributed by atoms with Crippen LogP contribution in [0.1, 0.15) is 12.8 Å². The van der Waals surface area contributed by atoms with E-state index in [1.54, 1.807) is 0 Å². The Bertz CT molecular complexity index is 550. The van der Waals surface area contributed by atoms with Crippen molar-refractivity contribution in [3.8, 4) is 0 Å². The summed E-state index contributed by atoms with van der Waals surface area (Å²) in [5.74, 6) is 0.0576. The van der Waals surface area contributed by atoms with E-state index in [2.05, 4.69) is 26.0 Å². The van der Waals surface area contributed by atoms with Crippen LogP contribution in [0.5, 0.6) is 0 Å². The van der Waals surface area contributed by atoms with Gasteiger partial charge in [-0.2, -0.15) is 0 Å². The van der Waals surface area contributed by atoms with Crippen molar-refractivity contribution in [2.45, 2.75) is 17.7 Å². The van der Waals surface area contributed by atoms with E-state index < -0.39 is 15.8 Å². The Morgan fingerprint density at radius 1 is 1.45 bits per heavy atom. The Hall–Kier alpha value is -0.210. The molecule has 114 valence electrons. The normalized spacial score (nSPS) is 18.8. The molecule has 1 atom stereocenters. The van der Waals surface area contributed by atoms with Crippen LogP contribution in [0.4, 0.5) is 4.39 Å². The van der Waals surface area contributed by atoms with Crippen molar-refractivity contribution in [3.05, 3.63) is 28.5 Å². The molecule has 2 N–H and O–H groups in total. The number of hydrogen-bond acceptors (Lipinski definition) is 3. The Morgan fingerprint density at radius 2 is 2.20 bits per heavy atom. The maximum atomic E-state index is 12.9. The van der Waals surface area contributed by atoms with Crippen LogP contribution in [0.2, 0.25) is 0 Å². The standard InChI is InChI=1S/C12H16BrFN2O2S.ClH/c13-11-7-10(14)1-2-12(11)19(17,18)16-6-4-9-3-5-15-8-9;/h1-2,7,9,15-16H,3-6,8H2;1H. The Kier molecular flexibility index (Phi) is 6.87. The molecule has 0 aromatic heterocycles. The van der Waals surface area contributed by atoms with Crippen LogP contribution in [0.3, 0.4) is 0 Å². The lowest BCUT2D eigenvalue weighted by molar-refractivity contribution is 0.519. The Labute approximate surface area is 133 Å². The SMILES string of the molecule is Cl.O=S(=O)(NCCC1CCNC1)c1ccc(F)cc1Br. The highest BCUT2D eigenvalue weighted by Crippen LogP contribution is 2.22. The van der Waals surface area contributed by atoms with Crippen LogP contribution < -0.4 is 10.0 Å². The van der Waals surface area contributed by atoms with Crippen molar-refractivity contribution in [1.82, 2.24) is 10.0 Å². The smallest absolute Gasteiger partial charge is 0.241 e. The molecule has 1 aromatic carbocycles. The summed E-state index contributed by atoms with van der Waals surface area (Å²) in [5.41, 5.74) is 0. The number of halogens is 3. The Morgan fingerprint density at radius 3 is 2.80 bits per heavy atom. The maximum Gasteiger partial charge on any atom is 0.241 e. The molecule has 1 aliphatic heterocycles. The van der Waals surface area contributed by atoms with Gasteiger partial charge in [0.05, 0.1) is 4.90 Å². The molecule has 20 heavy (non-hydrogen) atoms. The average Bonchev–Trinajstić information content (AvgIpc) is 2.81. The molecule has 4 nitrogen and oxygen atoms in total. The summed E-state index contributed by atoms with van der Waals surface area (Å²) in [4.78, 5) is 0.0680. The van der Waals surface area contributed by atoms with E-state index in [0.717, 1.165) is 38.1 Å². The van der Waals surface area contributed by atoms with Crippen LogP contribution in [-0.2, 0) is 10.0 Å². The average molecular weight is 388 g/mol.